The molecule has 3 rings (SSSR count). The molecule has 7 nitrogen and oxygen atoms in total. The van der Waals surface area contributed by atoms with E-state index in [1.54, 1.807) is 12.1 Å². The van der Waals surface area contributed by atoms with E-state index < -0.39 is 0 Å². The molecule has 0 aromatic heterocycles. The van der Waals surface area contributed by atoms with Crippen LogP contribution >= 0.6 is 11.6 Å². The van der Waals surface area contributed by atoms with Crippen LogP contribution in [0.4, 0.5) is 5.69 Å². The van der Waals surface area contributed by atoms with E-state index in [1.807, 2.05) is 30.3 Å². The SMILES string of the molecule is COc1cc(N)c(Cl)cc1C(=O)NCC1CCN(CCCCNC(=O)c2ccccc2)C1. The van der Waals surface area contributed by atoms with Crippen LogP contribution in [0.2, 0.25) is 5.02 Å². The average Bonchev–Trinajstić information content (AvgIpc) is 3.26. The highest BCUT2D eigenvalue weighted by atomic mass is 35.5. The molecule has 0 spiro atoms. The molecule has 0 aliphatic carbocycles. The lowest BCUT2D eigenvalue weighted by Crippen LogP contribution is -2.31. The lowest BCUT2D eigenvalue weighted by molar-refractivity contribution is 0.0938. The molecule has 32 heavy (non-hydrogen) atoms. The number of likely N-dealkylation sites (tertiary alicyclic amines) is 1. The summed E-state index contributed by atoms with van der Waals surface area (Å²) in [6.45, 7) is 4.25. The van der Waals surface area contributed by atoms with Gasteiger partial charge in [-0.05, 0) is 56.5 Å². The maximum absolute atomic E-state index is 12.6. The highest BCUT2D eigenvalue weighted by Gasteiger charge is 2.23. The number of unbranched alkanes of at least 4 members (excludes halogenated alkanes) is 1. The minimum absolute atomic E-state index is 0.0263. The molecular formula is C24H31ClN4O3. The molecule has 2 aromatic carbocycles. The Hall–Kier alpha value is -2.77. The lowest BCUT2D eigenvalue weighted by Gasteiger charge is -2.17. The number of nitrogens with one attached hydrogen (secondary N) is 2. The second-order valence-electron chi connectivity index (χ2n) is 8.07. The van der Waals surface area contributed by atoms with Crippen molar-refractivity contribution >= 4 is 29.1 Å². The van der Waals surface area contributed by atoms with Crippen LogP contribution in [0.3, 0.4) is 0 Å². The minimum atomic E-state index is -0.212. The second-order valence-corrected chi connectivity index (χ2v) is 8.48. The number of nitrogens with two attached hydrogens (primary N) is 1. The summed E-state index contributed by atoms with van der Waals surface area (Å²) in [7, 11) is 1.50. The number of hydrogen-bond acceptors (Lipinski definition) is 5. The molecule has 172 valence electrons. The Bertz CT molecular complexity index is 923. The molecular weight excluding hydrogens is 428 g/mol. The van der Waals surface area contributed by atoms with Crippen molar-refractivity contribution in [3.63, 3.8) is 0 Å². The molecule has 1 saturated heterocycles. The van der Waals surface area contributed by atoms with E-state index in [-0.39, 0.29) is 11.8 Å². The number of benzene rings is 2. The predicted molar refractivity (Wildman–Crippen MR) is 127 cm³/mol. The number of methoxy groups -OCH3 is 1. The molecule has 0 saturated carbocycles. The Morgan fingerprint density at radius 2 is 1.94 bits per heavy atom. The summed E-state index contributed by atoms with van der Waals surface area (Å²) in [5.41, 5.74) is 7.24. The summed E-state index contributed by atoms with van der Waals surface area (Å²) < 4.78 is 5.26. The van der Waals surface area contributed by atoms with E-state index in [0.29, 0.717) is 46.6 Å². The normalized spacial score (nSPS) is 16.0. The minimum Gasteiger partial charge on any atom is -0.496 e. The Kier molecular flexibility index (Phi) is 8.76. The number of nitrogen functional groups attached to an aromatic ring is 1. The first-order valence-corrected chi connectivity index (χ1v) is 11.3. The predicted octanol–water partition coefficient (Wildman–Crippen LogP) is 3.19. The average molecular weight is 459 g/mol. The fourth-order valence-corrected chi connectivity index (χ4v) is 4.05. The third-order valence-corrected chi connectivity index (χ3v) is 6.03. The molecule has 4 N–H and O–H groups in total. The van der Waals surface area contributed by atoms with E-state index in [1.165, 1.54) is 7.11 Å². The van der Waals surface area contributed by atoms with Crippen molar-refractivity contribution < 1.29 is 14.3 Å². The number of ether oxygens (including phenoxy) is 1. The monoisotopic (exact) mass is 458 g/mol. The van der Waals surface area contributed by atoms with Gasteiger partial charge in [0.1, 0.15) is 5.75 Å². The molecule has 1 aliphatic heterocycles. The Labute approximate surface area is 194 Å². The summed E-state index contributed by atoms with van der Waals surface area (Å²) >= 11 is 6.06. The van der Waals surface area contributed by atoms with Crippen LogP contribution in [0.15, 0.2) is 42.5 Å². The number of nitrogens with zero attached hydrogens (tertiary/aromatic N) is 1. The first-order chi connectivity index (χ1) is 15.5. The van der Waals surface area contributed by atoms with E-state index in [0.717, 1.165) is 38.9 Å². The van der Waals surface area contributed by atoms with Crippen molar-refractivity contribution in [1.82, 2.24) is 15.5 Å². The standard InChI is InChI=1S/C24H31ClN4O3/c1-32-22-14-21(26)20(25)13-19(22)24(31)28-15-17-9-12-29(16-17)11-6-5-10-27-23(30)18-7-3-2-4-8-18/h2-4,7-8,13-14,17H,5-6,9-12,15-16,26H2,1H3,(H,27,30)(H,28,31). The number of anilines is 1. The van der Waals surface area contributed by atoms with Gasteiger partial charge >= 0.3 is 0 Å². The molecule has 0 radical (unpaired) electrons. The topological polar surface area (TPSA) is 96.7 Å². The van der Waals surface area contributed by atoms with Crippen molar-refractivity contribution in [2.75, 3.05) is 45.6 Å². The number of amides is 2. The van der Waals surface area contributed by atoms with Crippen molar-refractivity contribution in [1.29, 1.82) is 0 Å². The molecule has 1 fully saturated rings. The van der Waals surface area contributed by atoms with Crippen molar-refractivity contribution in [2.24, 2.45) is 5.92 Å². The highest BCUT2D eigenvalue weighted by molar-refractivity contribution is 6.33. The Morgan fingerprint density at radius 3 is 2.69 bits per heavy atom. The van der Waals surface area contributed by atoms with E-state index in [4.69, 9.17) is 22.1 Å². The van der Waals surface area contributed by atoms with Crippen molar-refractivity contribution in [3.8, 4) is 5.75 Å². The molecule has 1 unspecified atom stereocenters. The number of rotatable bonds is 10. The largest absolute Gasteiger partial charge is 0.496 e. The Balaban J connectivity index is 1.33. The van der Waals surface area contributed by atoms with Gasteiger partial charge in [-0.1, -0.05) is 29.8 Å². The van der Waals surface area contributed by atoms with Gasteiger partial charge in [-0.25, -0.2) is 0 Å². The van der Waals surface area contributed by atoms with Crippen LogP contribution in [0, 0.1) is 5.92 Å². The van der Waals surface area contributed by atoms with Crippen LogP contribution in [-0.4, -0.2) is 56.5 Å². The van der Waals surface area contributed by atoms with Gasteiger partial charge in [-0.2, -0.15) is 0 Å². The van der Waals surface area contributed by atoms with Gasteiger partial charge in [-0.15, -0.1) is 0 Å². The first kappa shape index (κ1) is 23.9. The zero-order valence-corrected chi connectivity index (χ0v) is 19.2. The van der Waals surface area contributed by atoms with Gasteiger partial charge in [0.2, 0.25) is 0 Å². The molecule has 0 bridgehead atoms. The zero-order chi connectivity index (χ0) is 22.9. The van der Waals surface area contributed by atoms with E-state index in [9.17, 15) is 9.59 Å². The summed E-state index contributed by atoms with van der Waals surface area (Å²) in [6, 6.07) is 12.4. The van der Waals surface area contributed by atoms with Gasteiger partial charge in [-0.3, -0.25) is 9.59 Å². The second kappa shape index (κ2) is 11.7. The van der Waals surface area contributed by atoms with Crippen LogP contribution in [0.1, 0.15) is 40.0 Å². The fourth-order valence-electron chi connectivity index (χ4n) is 3.88. The quantitative estimate of drug-likeness (QED) is 0.375. The third-order valence-electron chi connectivity index (χ3n) is 5.71. The van der Waals surface area contributed by atoms with Gasteiger partial charge in [0.25, 0.3) is 11.8 Å². The molecule has 2 aromatic rings. The zero-order valence-electron chi connectivity index (χ0n) is 18.4. The number of carbonyl (C=O) groups excluding carboxylic acids is 2. The molecule has 1 heterocycles. The summed E-state index contributed by atoms with van der Waals surface area (Å²) in [5.74, 6) is 0.585. The van der Waals surface area contributed by atoms with Crippen molar-refractivity contribution in [2.45, 2.75) is 19.3 Å². The lowest BCUT2D eigenvalue weighted by atomic mass is 10.1. The molecule has 2 amide bonds. The van der Waals surface area contributed by atoms with Crippen LogP contribution < -0.4 is 21.1 Å². The number of carbonyl (C=O) groups is 2. The number of hydrogen-bond donors (Lipinski definition) is 3. The fraction of sp³-hybridized carbons (Fsp3) is 0.417. The summed E-state index contributed by atoms with van der Waals surface area (Å²) in [4.78, 5) is 27.0. The Morgan fingerprint density at radius 1 is 1.16 bits per heavy atom. The van der Waals surface area contributed by atoms with Gasteiger partial charge in [0.05, 0.1) is 23.4 Å². The van der Waals surface area contributed by atoms with Crippen LogP contribution in [0.25, 0.3) is 0 Å². The van der Waals surface area contributed by atoms with Crippen LogP contribution in [-0.2, 0) is 0 Å². The first-order valence-electron chi connectivity index (χ1n) is 10.9. The molecule has 1 aliphatic rings. The molecule has 8 heteroatoms. The van der Waals surface area contributed by atoms with Gasteiger partial charge in [0, 0.05) is 31.3 Å². The maximum Gasteiger partial charge on any atom is 0.255 e. The number of halogens is 1. The van der Waals surface area contributed by atoms with Crippen LogP contribution in [0.5, 0.6) is 5.75 Å². The smallest absolute Gasteiger partial charge is 0.255 e. The maximum atomic E-state index is 12.6. The van der Waals surface area contributed by atoms with E-state index in [2.05, 4.69) is 15.5 Å². The summed E-state index contributed by atoms with van der Waals surface area (Å²) in [5, 5.41) is 6.30. The highest BCUT2D eigenvalue weighted by Crippen LogP contribution is 2.28. The van der Waals surface area contributed by atoms with E-state index >= 15 is 0 Å². The van der Waals surface area contributed by atoms with Gasteiger partial charge in [0.15, 0.2) is 0 Å². The summed E-state index contributed by atoms with van der Waals surface area (Å²) in [6.07, 6.45) is 3.01. The van der Waals surface area contributed by atoms with Crippen molar-refractivity contribution in [3.05, 3.63) is 58.6 Å². The third kappa shape index (κ3) is 6.61. The van der Waals surface area contributed by atoms with Gasteiger partial charge < -0.3 is 26.0 Å². The molecule has 1 atom stereocenters.